The molecule has 2 aromatic heterocycles. The van der Waals surface area contributed by atoms with Crippen molar-refractivity contribution in [1.82, 2.24) is 29.8 Å². The zero-order valence-corrected chi connectivity index (χ0v) is 11.8. The Kier molecular flexibility index (Phi) is 3.71. The molecule has 2 heterocycles. The highest BCUT2D eigenvalue weighted by Crippen LogP contribution is 2.30. The summed E-state index contributed by atoms with van der Waals surface area (Å²) in [7, 11) is 0. The number of nitrogens with zero attached hydrogens (tertiary/aromatic N) is 7. The highest BCUT2D eigenvalue weighted by molar-refractivity contribution is 5.36. The van der Waals surface area contributed by atoms with Gasteiger partial charge in [-0.3, -0.25) is 0 Å². The molecule has 0 N–H and O–H groups in total. The molecule has 0 saturated heterocycles. The Labute approximate surface area is 131 Å². The zero-order valence-electron chi connectivity index (χ0n) is 11.8. The van der Waals surface area contributed by atoms with E-state index >= 15 is 0 Å². The summed E-state index contributed by atoms with van der Waals surface area (Å²) < 4.78 is 40.5. The average Bonchev–Trinajstić information content (AvgIpc) is 3.16. The largest absolute Gasteiger partial charge is 0.490 e. The van der Waals surface area contributed by atoms with E-state index < -0.39 is 22.6 Å². The molecule has 3 aromatic rings. The predicted molar refractivity (Wildman–Crippen MR) is 72.1 cm³/mol. The van der Waals surface area contributed by atoms with Crippen molar-refractivity contribution in [2.45, 2.75) is 12.7 Å². The smallest absolute Gasteiger partial charge is 0.390 e. The van der Waals surface area contributed by atoms with Gasteiger partial charge in [0, 0.05) is 5.10 Å². The van der Waals surface area contributed by atoms with Crippen molar-refractivity contribution in [3.8, 4) is 5.69 Å². The van der Waals surface area contributed by atoms with Crippen LogP contribution in [-0.4, -0.2) is 34.7 Å². The Morgan fingerprint density at radius 3 is 2.75 bits per heavy atom. The van der Waals surface area contributed by atoms with Crippen LogP contribution in [0, 0.1) is 10.1 Å². The van der Waals surface area contributed by atoms with Crippen LogP contribution in [0.5, 0.6) is 0 Å². The van der Waals surface area contributed by atoms with E-state index in [4.69, 9.17) is 0 Å². The van der Waals surface area contributed by atoms with Gasteiger partial charge in [0.15, 0.2) is 0 Å². The Balaban J connectivity index is 1.81. The van der Waals surface area contributed by atoms with Crippen molar-refractivity contribution in [2.24, 2.45) is 0 Å². The number of rotatable bonds is 4. The summed E-state index contributed by atoms with van der Waals surface area (Å²) in [5, 5.41) is 21.7. The summed E-state index contributed by atoms with van der Waals surface area (Å²) in [5.74, 6) is -0.555. The van der Waals surface area contributed by atoms with Gasteiger partial charge in [0.1, 0.15) is 12.2 Å². The molecule has 0 fully saturated rings. The number of hydrogen-bond acceptors (Lipinski definition) is 6. The quantitative estimate of drug-likeness (QED) is 0.530. The van der Waals surface area contributed by atoms with Gasteiger partial charge in [-0.25, -0.2) is 4.68 Å². The second-order valence-electron chi connectivity index (χ2n) is 4.70. The minimum atomic E-state index is -4.46. The molecule has 0 aliphatic heterocycles. The van der Waals surface area contributed by atoms with Crippen molar-refractivity contribution in [3.63, 3.8) is 0 Å². The van der Waals surface area contributed by atoms with Gasteiger partial charge in [0.05, 0.1) is 17.4 Å². The maximum Gasteiger partial charge on any atom is 0.490 e. The second kappa shape index (κ2) is 5.72. The Hall–Kier alpha value is -3.31. The highest BCUT2D eigenvalue weighted by Gasteiger charge is 2.30. The molecule has 1 aromatic carbocycles. The normalized spacial score (nSPS) is 11.6. The molecular formula is C12H8F3N7O2. The summed E-state index contributed by atoms with van der Waals surface area (Å²) in [4.78, 5) is 13.3. The molecule has 0 unspecified atom stereocenters. The van der Waals surface area contributed by atoms with Crippen LogP contribution < -0.4 is 0 Å². The first-order chi connectivity index (χ1) is 11.3. The Morgan fingerprint density at radius 2 is 2.08 bits per heavy atom. The molecule has 3 rings (SSSR count). The number of aromatic nitrogens is 6. The average molecular weight is 339 g/mol. The van der Waals surface area contributed by atoms with Gasteiger partial charge < -0.3 is 10.1 Å². The molecule has 0 amide bonds. The van der Waals surface area contributed by atoms with E-state index in [-0.39, 0.29) is 12.2 Å². The van der Waals surface area contributed by atoms with E-state index in [1.165, 1.54) is 27.7 Å². The third-order valence-electron chi connectivity index (χ3n) is 2.99. The minimum absolute atomic E-state index is 0.0415. The van der Waals surface area contributed by atoms with Crippen molar-refractivity contribution in [1.29, 1.82) is 0 Å². The summed E-state index contributed by atoms with van der Waals surface area (Å²) in [6.45, 7) is 0.0415. The van der Waals surface area contributed by atoms with E-state index in [1.807, 2.05) is 0 Å². The molecule has 124 valence electrons. The third-order valence-corrected chi connectivity index (χ3v) is 2.99. The molecule has 24 heavy (non-hydrogen) atoms. The van der Waals surface area contributed by atoms with Gasteiger partial charge in [0.25, 0.3) is 0 Å². The predicted octanol–water partition coefficient (Wildman–Crippen LogP) is 1.83. The fourth-order valence-corrected chi connectivity index (χ4v) is 1.93. The zero-order chi connectivity index (χ0) is 17.3. The van der Waals surface area contributed by atoms with E-state index in [0.29, 0.717) is 5.69 Å². The monoisotopic (exact) mass is 339 g/mol. The van der Waals surface area contributed by atoms with E-state index in [1.54, 1.807) is 0 Å². The first kappa shape index (κ1) is 15.6. The molecule has 12 heteroatoms. The van der Waals surface area contributed by atoms with Crippen molar-refractivity contribution >= 4 is 5.95 Å². The first-order valence-electron chi connectivity index (χ1n) is 6.45. The first-order valence-corrected chi connectivity index (χ1v) is 6.45. The maximum absolute atomic E-state index is 12.7. The lowest BCUT2D eigenvalue weighted by Gasteiger charge is -2.07. The summed E-state index contributed by atoms with van der Waals surface area (Å²) >= 11 is 0. The number of alkyl halides is 3. The molecule has 0 saturated carbocycles. The van der Waals surface area contributed by atoms with Crippen LogP contribution in [-0.2, 0) is 12.7 Å². The Morgan fingerprint density at radius 1 is 1.29 bits per heavy atom. The molecule has 0 aliphatic rings. The number of hydrogen-bond donors (Lipinski definition) is 0. The van der Waals surface area contributed by atoms with E-state index in [9.17, 15) is 23.3 Å². The maximum atomic E-state index is 12.7. The van der Waals surface area contributed by atoms with Gasteiger partial charge >= 0.3 is 12.1 Å². The lowest BCUT2D eigenvalue weighted by Crippen LogP contribution is -2.06. The van der Waals surface area contributed by atoms with Crippen LogP contribution in [0.2, 0.25) is 0 Å². The van der Waals surface area contributed by atoms with Crippen LogP contribution in [0.4, 0.5) is 19.1 Å². The van der Waals surface area contributed by atoms with Gasteiger partial charge in [-0.2, -0.15) is 17.9 Å². The lowest BCUT2D eigenvalue weighted by atomic mass is 10.2. The fourth-order valence-electron chi connectivity index (χ4n) is 1.93. The summed E-state index contributed by atoms with van der Waals surface area (Å²) in [6, 6.07) is 4.61. The van der Waals surface area contributed by atoms with Crippen LogP contribution in [0.15, 0.2) is 36.8 Å². The van der Waals surface area contributed by atoms with E-state index in [2.05, 4.69) is 20.4 Å². The van der Waals surface area contributed by atoms with Crippen LogP contribution in [0.1, 0.15) is 11.3 Å². The van der Waals surface area contributed by atoms with Gasteiger partial charge in [0.2, 0.25) is 6.33 Å². The molecule has 0 bridgehead atoms. The Bertz CT molecular complexity index is 887. The molecule has 0 atom stereocenters. The number of benzene rings is 1. The van der Waals surface area contributed by atoms with Crippen LogP contribution >= 0.6 is 0 Å². The van der Waals surface area contributed by atoms with Crippen molar-refractivity contribution in [2.75, 3.05) is 0 Å². The van der Waals surface area contributed by atoms with Gasteiger partial charge in [-0.05, 0) is 23.1 Å². The van der Waals surface area contributed by atoms with Gasteiger partial charge in [-0.1, -0.05) is 16.3 Å². The second-order valence-corrected chi connectivity index (χ2v) is 4.70. The van der Waals surface area contributed by atoms with E-state index in [0.717, 1.165) is 18.5 Å². The van der Waals surface area contributed by atoms with Gasteiger partial charge in [-0.15, -0.1) is 5.10 Å². The topological polar surface area (TPSA) is 105 Å². The van der Waals surface area contributed by atoms with Crippen LogP contribution in [0.25, 0.3) is 5.69 Å². The molecule has 9 nitrogen and oxygen atoms in total. The SMILES string of the molecule is O=[N+]([O-])c1ncn(Cc2cn(-c3cccc(C(F)(F)F)c3)nn2)n1. The summed E-state index contributed by atoms with van der Waals surface area (Å²) in [6.07, 6.45) is -1.90. The number of nitro groups is 1. The standard InChI is InChI=1S/C12H8F3N7O2/c13-12(14,15)8-2-1-3-10(4-8)21-6-9(17-19-21)5-20-7-16-11(18-20)22(23)24/h1-4,6-7H,5H2. The fraction of sp³-hybridized carbons (Fsp3) is 0.167. The summed E-state index contributed by atoms with van der Waals surface area (Å²) in [5.41, 5.74) is -0.260. The molecule has 0 radical (unpaired) electrons. The van der Waals surface area contributed by atoms with Crippen molar-refractivity contribution in [3.05, 3.63) is 58.2 Å². The molecule has 0 spiro atoms. The van der Waals surface area contributed by atoms with Crippen molar-refractivity contribution < 1.29 is 18.1 Å². The number of halogens is 3. The highest BCUT2D eigenvalue weighted by atomic mass is 19.4. The van der Waals surface area contributed by atoms with Crippen LogP contribution in [0.3, 0.4) is 0 Å². The molecule has 0 aliphatic carbocycles. The lowest BCUT2D eigenvalue weighted by molar-refractivity contribution is -0.394. The third kappa shape index (κ3) is 3.21. The molecular weight excluding hydrogens is 331 g/mol. The minimum Gasteiger partial charge on any atom is -0.390 e.